The third-order valence-electron chi connectivity index (χ3n) is 3.73. The van der Waals surface area contributed by atoms with Crippen LogP contribution < -0.4 is 5.32 Å². The lowest BCUT2D eigenvalue weighted by Gasteiger charge is -2.25. The van der Waals surface area contributed by atoms with Crippen LogP contribution in [0, 0.1) is 11.8 Å². The minimum absolute atomic E-state index is 0.544. The molecule has 0 aromatic carbocycles. The van der Waals surface area contributed by atoms with E-state index in [4.69, 9.17) is 0 Å². The Hall–Kier alpha value is -0.980. The molecule has 1 heteroatoms. The van der Waals surface area contributed by atoms with Gasteiger partial charge in [-0.1, -0.05) is 39.0 Å². The lowest BCUT2D eigenvalue weighted by molar-refractivity contribution is 0.577. The average Bonchev–Trinajstić information content (AvgIpc) is 2.24. The molecule has 0 aromatic rings. The van der Waals surface area contributed by atoms with Gasteiger partial charge in [0.15, 0.2) is 0 Å². The molecule has 1 rings (SSSR count). The maximum Gasteiger partial charge on any atom is 0.0184 e. The van der Waals surface area contributed by atoms with Crippen molar-refractivity contribution in [2.75, 3.05) is 0 Å². The molecule has 0 radical (unpaired) electrons. The second-order valence-electron chi connectivity index (χ2n) is 5.11. The van der Waals surface area contributed by atoms with E-state index in [9.17, 15) is 0 Å². The Bertz CT molecular complexity index is 333. The van der Waals surface area contributed by atoms with Gasteiger partial charge in [-0.2, -0.15) is 0 Å². The predicted octanol–water partition coefficient (Wildman–Crippen LogP) is 4.40. The lowest BCUT2D eigenvalue weighted by Crippen LogP contribution is -2.22. The fraction of sp³-hybridized carbons (Fsp3) is 0.600. The van der Waals surface area contributed by atoms with Crippen molar-refractivity contribution in [2.24, 2.45) is 11.8 Å². The molecule has 0 spiro atoms. The second kappa shape index (κ2) is 5.38. The van der Waals surface area contributed by atoms with E-state index in [0.717, 1.165) is 18.5 Å². The molecule has 2 atom stereocenters. The molecule has 0 amide bonds. The summed E-state index contributed by atoms with van der Waals surface area (Å²) in [5.74, 6) is 1.19. The van der Waals surface area contributed by atoms with Gasteiger partial charge in [0.1, 0.15) is 0 Å². The molecular weight excluding hydrogens is 194 g/mol. The van der Waals surface area contributed by atoms with E-state index >= 15 is 0 Å². The van der Waals surface area contributed by atoms with Crippen molar-refractivity contribution in [3.8, 4) is 0 Å². The average molecular weight is 219 g/mol. The van der Waals surface area contributed by atoms with Crippen molar-refractivity contribution < 1.29 is 0 Å². The summed E-state index contributed by atoms with van der Waals surface area (Å²) in [6.07, 6.45) is 4.55. The summed E-state index contributed by atoms with van der Waals surface area (Å²) in [4.78, 5) is 0. The van der Waals surface area contributed by atoms with Crippen molar-refractivity contribution in [1.29, 1.82) is 0 Å². The second-order valence-corrected chi connectivity index (χ2v) is 5.11. The van der Waals surface area contributed by atoms with Gasteiger partial charge in [0.25, 0.3) is 0 Å². The Balaban J connectivity index is 2.74. The molecule has 0 bridgehead atoms. The van der Waals surface area contributed by atoms with Crippen molar-refractivity contribution in [2.45, 2.75) is 47.5 Å². The summed E-state index contributed by atoms with van der Waals surface area (Å²) >= 11 is 0. The molecule has 1 nitrogen and oxygen atoms in total. The van der Waals surface area contributed by atoms with Crippen LogP contribution in [0.1, 0.15) is 47.5 Å². The van der Waals surface area contributed by atoms with Gasteiger partial charge in [-0.15, -0.1) is 0 Å². The topological polar surface area (TPSA) is 12.0 Å². The summed E-state index contributed by atoms with van der Waals surface area (Å²) in [7, 11) is 0. The SMILES string of the molecule is C=C(NC1=C(C)C=C(C)C(C)C1)C(C)CC. The van der Waals surface area contributed by atoms with Gasteiger partial charge in [-0.25, -0.2) is 0 Å². The van der Waals surface area contributed by atoms with Gasteiger partial charge in [-0.3, -0.25) is 0 Å². The Morgan fingerprint density at radius 3 is 2.75 bits per heavy atom. The van der Waals surface area contributed by atoms with Crippen molar-refractivity contribution >= 4 is 0 Å². The standard InChI is InChI=1S/C15H25N/c1-7-10(2)14(6)16-15-9-12(4)11(3)8-13(15)5/h8,10,12,16H,6-7,9H2,1-5H3. The highest BCUT2D eigenvalue weighted by atomic mass is 14.9. The minimum Gasteiger partial charge on any atom is -0.362 e. The van der Waals surface area contributed by atoms with E-state index in [2.05, 4.69) is 52.6 Å². The molecule has 0 aliphatic heterocycles. The van der Waals surface area contributed by atoms with Crippen LogP contribution in [0.3, 0.4) is 0 Å². The summed E-state index contributed by atoms with van der Waals surface area (Å²) in [5.41, 5.74) is 5.35. The molecular formula is C15H25N. The third-order valence-corrected chi connectivity index (χ3v) is 3.73. The molecule has 1 aliphatic rings. The van der Waals surface area contributed by atoms with E-state index < -0.39 is 0 Å². The van der Waals surface area contributed by atoms with E-state index in [1.807, 2.05) is 0 Å². The molecule has 0 saturated carbocycles. The van der Waals surface area contributed by atoms with E-state index in [0.29, 0.717) is 11.8 Å². The highest BCUT2D eigenvalue weighted by Crippen LogP contribution is 2.28. The zero-order valence-corrected chi connectivity index (χ0v) is 11.4. The first-order valence-electron chi connectivity index (χ1n) is 6.29. The summed E-state index contributed by atoms with van der Waals surface area (Å²) in [5, 5.41) is 3.51. The zero-order valence-electron chi connectivity index (χ0n) is 11.4. The van der Waals surface area contributed by atoms with Crippen LogP contribution in [0.25, 0.3) is 0 Å². The molecule has 16 heavy (non-hydrogen) atoms. The molecule has 0 heterocycles. The molecule has 0 saturated heterocycles. The number of nitrogens with one attached hydrogen (secondary N) is 1. The maximum atomic E-state index is 4.13. The first-order valence-corrected chi connectivity index (χ1v) is 6.29. The van der Waals surface area contributed by atoms with E-state index in [1.165, 1.54) is 16.8 Å². The van der Waals surface area contributed by atoms with Crippen LogP contribution in [0.4, 0.5) is 0 Å². The predicted molar refractivity (Wildman–Crippen MR) is 72.0 cm³/mol. The molecule has 0 fully saturated rings. The minimum atomic E-state index is 0.544. The van der Waals surface area contributed by atoms with E-state index in [-0.39, 0.29) is 0 Å². The maximum absolute atomic E-state index is 4.13. The van der Waals surface area contributed by atoms with Crippen LogP contribution in [-0.2, 0) is 0 Å². The first-order chi connectivity index (χ1) is 7.45. The van der Waals surface area contributed by atoms with Gasteiger partial charge in [0.2, 0.25) is 0 Å². The Labute approximate surface area is 100 Å². The molecule has 90 valence electrons. The van der Waals surface area contributed by atoms with Gasteiger partial charge in [0, 0.05) is 11.4 Å². The zero-order chi connectivity index (χ0) is 12.3. The van der Waals surface area contributed by atoms with Gasteiger partial charge < -0.3 is 5.32 Å². The number of hydrogen-bond donors (Lipinski definition) is 1. The summed E-state index contributed by atoms with van der Waals surface area (Å²) in [6.45, 7) is 15.2. The van der Waals surface area contributed by atoms with Crippen LogP contribution in [-0.4, -0.2) is 0 Å². The number of hydrogen-bond acceptors (Lipinski definition) is 1. The van der Waals surface area contributed by atoms with Crippen LogP contribution in [0.15, 0.2) is 35.2 Å². The van der Waals surface area contributed by atoms with Crippen LogP contribution in [0.5, 0.6) is 0 Å². The monoisotopic (exact) mass is 219 g/mol. The molecule has 0 aromatic heterocycles. The highest BCUT2D eigenvalue weighted by molar-refractivity contribution is 5.33. The normalized spacial score (nSPS) is 22.8. The molecule has 2 unspecified atom stereocenters. The Morgan fingerprint density at radius 1 is 1.56 bits per heavy atom. The van der Waals surface area contributed by atoms with Gasteiger partial charge in [-0.05, 0) is 44.1 Å². The quantitative estimate of drug-likeness (QED) is 0.739. The largest absolute Gasteiger partial charge is 0.362 e. The van der Waals surface area contributed by atoms with Gasteiger partial charge >= 0.3 is 0 Å². The fourth-order valence-corrected chi connectivity index (χ4v) is 1.91. The first kappa shape index (κ1) is 13.1. The van der Waals surface area contributed by atoms with Crippen molar-refractivity contribution in [1.82, 2.24) is 5.32 Å². The molecule has 1 aliphatic carbocycles. The Morgan fingerprint density at radius 2 is 2.19 bits per heavy atom. The third kappa shape index (κ3) is 3.01. The fourth-order valence-electron chi connectivity index (χ4n) is 1.91. The van der Waals surface area contributed by atoms with Crippen LogP contribution >= 0.6 is 0 Å². The van der Waals surface area contributed by atoms with Gasteiger partial charge in [0.05, 0.1) is 0 Å². The highest BCUT2D eigenvalue weighted by Gasteiger charge is 2.16. The summed E-state index contributed by atoms with van der Waals surface area (Å²) < 4.78 is 0. The van der Waals surface area contributed by atoms with Crippen molar-refractivity contribution in [3.63, 3.8) is 0 Å². The van der Waals surface area contributed by atoms with Crippen molar-refractivity contribution in [3.05, 3.63) is 35.2 Å². The number of rotatable bonds is 4. The Kier molecular flexibility index (Phi) is 4.40. The summed E-state index contributed by atoms with van der Waals surface area (Å²) in [6, 6.07) is 0. The number of allylic oxidation sites excluding steroid dienone is 5. The van der Waals surface area contributed by atoms with E-state index in [1.54, 1.807) is 0 Å². The smallest absolute Gasteiger partial charge is 0.0184 e. The lowest BCUT2D eigenvalue weighted by atomic mass is 9.88. The molecule has 1 N–H and O–H groups in total. The van der Waals surface area contributed by atoms with Crippen LogP contribution in [0.2, 0.25) is 0 Å².